The first-order valence-corrected chi connectivity index (χ1v) is 8.34. The van der Waals surface area contributed by atoms with Gasteiger partial charge in [-0.15, -0.1) is 0 Å². The summed E-state index contributed by atoms with van der Waals surface area (Å²) < 4.78 is 0. The van der Waals surface area contributed by atoms with Crippen LogP contribution in [-0.2, 0) is 0 Å². The molecule has 5 nitrogen and oxygen atoms in total. The van der Waals surface area contributed by atoms with Gasteiger partial charge in [0.25, 0.3) is 0 Å². The van der Waals surface area contributed by atoms with Crippen LogP contribution in [0.4, 0.5) is 0 Å². The van der Waals surface area contributed by atoms with Gasteiger partial charge in [-0.25, -0.2) is 0 Å². The molecule has 0 spiro atoms. The van der Waals surface area contributed by atoms with Crippen molar-refractivity contribution in [2.24, 2.45) is 27.6 Å². The van der Waals surface area contributed by atoms with Gasteiger partial charge >= 0.3 is 0 Å². The Bertz CT molecular complexity index is 712. The van der Waals surface area contributed by atoms with Gasteiger partial charge in [0.2, 0.25) is 0 Å². The van der Waals surface area contributed by atoms with Crippen molar-refractivity contribution in [2.75, 3.05) is 0 Å². The summed E-state index contributed by atoms with van der Waals surface area (Å²) in [6, 6.07) is 5.41. The van der Waals surface area contributed by atoms with E-state index in [9.17, 15) is 15.5 Å². The lowest BCUT2D eigenvalue weighted by Crippen LogP contribution is -2.43. The van der Waals surface area contributed by atoms with E-state index in [1.807, 2.05) is 6.07 Å². The Kier molecular flexibility index (Phi) is 3.15. The van der Waals surface area contributed by atoms with Gasteiger partial charge in [-0.05, 0) is 67.6 Å². The number of phenols is 1. The summed E-state index contributed by atoms with van der Waals surface area (Å²) in [5.41, 5.74) is 3.62. The molecule has 0 aliphatic heterocycles. The Labute approximate surface area is 135 Å². The van der Waals surface area contributed by atoms with Gasteiger partial charge in [0.15, 0.2) is 0 Å². The van der Waals surface area contributed by atoms with E-state index < -0.39 is 0 Å². The first-order chi connectivity index (χ1) is 11.1. The second-order valence-corrected chi connectivity index (χ2v) is 7.44. The third-order valence-electron chi connectivity index (χ3n) is 6.60. The zero-order valence-corrected chi connectivity index (χ0v) is 13.2. The highest BCUT2D eigenvalue weighted by Gasteiger charge is 2.54. The molecular formula is C18H22N2O3. The van der Waals surface area contributed by atoms with Crippen LogP contribution in [0.5, 0.6) is 5.75 Å². The predicted molar refractivity (Wildman–Crippen MR) is 86.6 cm³/mol. The Morgan fingerprint density at radius 2 is 2.00 bits per heavy atom. The van der Waals surface area contributed by atoms with Crippen molar-refractivity contribution in [3.63, 3.8) is 0 Å². The summed E-state index contributed by atoms with van der Waals surface area (Å²) in [5.74, 6) is 1.48. The van der Waals surface area contributed by atoms with E-state index in [1.165, 1.54) is 5.56 Å². The molecule has 23 heavy (non-hydrogen) atoms. The van der Waals surface area contributed by atoms with Crippen LogP contribution in [0.15, 0.2) is 28.5 Å². The van der Waals surface area contributed by atoms with Gasteiger partial charge in [0.05, 0.1) is 11.4 Å². The van der Waals surface area contributed by atoms with Crippen LogP contribution in [0.3, 0.4) is 0 Å². The fourth-order valence-electron chi connectivity index (χ4n) is 5.46. The van der Waals surface area contributed by atoms with Crippen LogP contribution >= 0.6 is 0 Å². The van der Waals surface area contributed by atoms with Gasteiger partial charge < -0.3 is 15.5 Å². The lowest BCUT2D eigenvalue weighted by Gasteiger charge is -2.48. The Hall–Kier alpha value is -2.04. The van der Waals surface area contributed by atoms with Gasteiger partial charge in [0, 0.05) is 11.0 Å². The van der Waals surface area contributed by atoms with Crippen LogP contribution in [0.1, 0.15) is 56.1 Å². The van der Waals surface area contributed by atoms with Crippen LogP contribution in [0.25, 0.3) is 0 Å². The zero-order chi connectivity index (χ0) is 16.2. The number of hydrogen-bond donors (Lipinski definition) is 3. The highest BCUT2D eigenvalue weighted by atomic mass is 16.4. The molecule has 3 N–H and O–H groups in total. The van der Waals surface area contributed by atoms with Crippen molar-refractivity contribution in [3.05, 3.63) is 29.3 Å². The number of rotatable bonds is 0. The molecular weight excluding hydrogens is 292 g/mol. The highest BCUT2D eigenvalue weighted by Crippen LogP contribution is 2.59. The highest BCUT2D eigenvalue weighted by molar-refractivity contribution is 6.03. The van der Waals surface area contributed by atoms with E-state index in [0.717, 1.165) is 43.4 Å². The van der Waals surface area contributed by atoms with Crippen molar-refractivity contribution in [2.45, 2.75) is 44.9 Å². The maximum absolute atomic E-state index is 9.78. The molecule has 0 bridgehead atoms. The topological polar surface area (TPSA) is 85.4 Å². The quantitative estimate of drug-likeness (QED) is 0.504. The lowest BCUT2D eigenvalue weighted by atomic mass is 9.55. The SMILES string of the molecule is C[C@]12CCC3c4ccc(O)cc4/C(=N\O)CC3C1CC/C2=N\O. The lowest BCUT2D eigenvalue weighted by molar-refractivity contribution is 0.108. The molecule has 0 heterocycles. The molecule has 0 radical (unpaired) electrons. The predicted octanol–water partition coefficient (Wildman–Crippen LogP) is 3.71. The molecule has 1 aromatic carbocycles. The number of hydrogen-bond acceptors (Lipinski definition) is 5. The van der Waals surface area contributed by atoms with Crippen molar-refractivity contribution in [3.8, 4) is 5.75 Å². The number of phenolic OH excluding ortho intramolecular Hbond substituents is 1. The van der Waals surface area contributed by atoms with E-state index in [2.05, 4.69) is 17.2 Å². The molecule has 0 saturated heterocycles. The number of oxime groups is 2. The molecule has 2 fully saturated rings. The second-order valence-electron chi connectivity index (χ2n) is 7.44. The zero-order valence-electron chi connectivity index (χ0n) is 13.2. The third-order valence-corrected chi connectivity index (χ3v) is 6.60. The minimum atomic E-state index is -0.0368. The maximum atomic E-state index is 9.78. The monoisotopic (exact) mass is 314 g/mol. The Balaban J connectivity index is 1.79. The van der Waals surface area contributed by atoms with E-state index in [0.29, 0.717) is 23.5 Å². The molecule has 2 saturated carbocycles. The molecule has 122 valence electrons. The van der Waals surface area contributed by atoms with E-state index in [4.69, 9.17) is 0 Å². The first kappa shape index (κ1) is 14.5. The molecule has 1 aromatic rings. The molecule has 4 atom stereocenters. The number of aromatic hydroxyl groups is 1. The number of fused-ring (bicyclic) bond motifs is 5. The van der Waals surface area contributed by atoms with Gasteiger partial charge in [-0.3, -0.25) is 0 Å². The first-order valence-electron chi connectivity index (χ1n) is 8.34. The minimum absolute atomic E-state index is 0.0368. The van der Waals surface area contributed by atoms with Crippen LogP contribution in [0, 0.1) is 17.3 Å². The molecule has 3 aliphatic carbocycles. The molecule has 3 aliphatic rings. The Morgan fingerprint density at radius 1 is 1.17 bits per heavy atom. The molecule has 5 heteroatoms. The second kappa shape index (κ2) is 4.98. The Morgan fingerprint density at radius 3 is 2.74 bits per heavy atom. The van der Waals surface area contributed by atoms with Gasteiger partial charge in [-0.1, -0.05) is 23.3 Å². The van der Waals surface area contributed by atoms with Crippen LogP contribution in [0.2, 0.25) is 0 Å². The number of benzene rings is 1. The van der Waals surface area contributed by atoms with Gasteiger partial charge in [-0.2, -0.15) is 0 Å². The smallest absolute Gasteiger partial charge is 0.116 e. The van der Waals surface area contributed by atoms with Crippen molar-refractivity contribution in [1.82, 2.24) is 0 Å². The summed E-state index contributed by atoms with van der Waals surface area (Å²) in [4.78, 5) is 0. The van der Waals surface area contributed by atoms with E-state index >= 15 is 0 Å². The van der Waals surface area contributed by atoms with Crippen molar-refractivity contribution in [1.29, 1.82) is 0 Å². The molecule has 3 unspecified atom stereocenters. The molecule has 4 rings (SSSR count). The molecule has 0 aromatic heterocycles. The van der Waals surface area contributed by atoms with E-state index in [-0.39, 0.29) is 11.2 Å². The molecule has 0 amide bonds. The largest absolute Gasteiger partial charge is 0.508 e. The normalized spacial score (nSPS) is 39.1. The summed E-state index contributed by atoms with van der Waals surface area (Å²) in [6.45, 7) is 2.22. The van der Waals surface area contributed by atoms with Crippen molar-refractivity contribution >= 4 is 11.4 Å². The number of nitrogens with zero attached hydrogens (tertiary/aromatic N) is 2. The fourth-order valence-corrected chi connectivity index (χ4v) is 5.46. The third kappa shape index (κ3) is 1.92. The van der Waals surface area contributed by atoms with E-state index in [1.54, 1.807) is 12.1 Å². The summed E-state index contributed by atoms with van der Waals surface area (Å²) in [7, 11) is 0. The van der Waals surface area contributed by atoms with Crippen molar-refractivity contribution < 1.29 is 15.5 Å². The average molecular weight is 314 g/mol. The minimum Gasteiger partial charge on any atom is -0.508 e. The standard InChI is InChI=1S/C18H22N2O3/c1-18-7-6-12-11-3-2-10(21)8-14(11)16(19-22)9-13(12)15(18)4-5-17(18)20-23/h2-3,8,12-13,15,21-23H,4-7,9H2,1H3/b19-16-,20-17+/t12?,13?,15?,18-/m0/s1. The summed E-state index contributed by atoms with van der Waals surface area (Å²) >= 11 is 0. The van der Waals surface area contributed by atoms with Crippen LogP contribution in [-0.4, -0.2) is 26.9 Å². The van der Waals surface area contributed by atoms with Gasteiger partial charge in [0.1, 0.15) is 5.75 Å². The van der Waals surface area contributed by atoms with Crippen LogP contribution < -0.4 is 0 Å². The summed E-state index contributed by atoms with van der Waals surface area (Å²) in [5, 5.41) is 35.7. The average Bonchev–Trinajstić information content (AvgIpc) is 2.90. The summed E-state index contributed by atoms with van der Waals surface area (Å²) in [6.07, 6.45) is 4.66. The maximum Gasteiger partial charge on any atom is 0.116 e. The fraction of sp³-hybridized carbons (Fsp3) is 0.556.